The monoisotopic (exact) mass is 490 g/mol. The Morgan fingerprint density at radius 3 is 0.444 bits per heavy atom. The molecule has 0 aliphatic heterocycles. The minimum atomic E-state index is -4.12. The average Bonchev–Trinajstić information content (AvgIpc) is 2.01. The predicted octanol–water partition coefficient (Wildman–Crippen LogP) is 9.29. The van der Waals surface area contributed by atoms with Gasteiger partial charge in [-0.3, -0.25) is 0 Å². The van der Waals surface area contributed by atoms with Crippen molar-refractivity contribution in [2.45, 2.75) is 0 Å². The Bertz CT molecular complexity index is 72.7. The summed E-state index contributed by atoms with van der Waals surface area (Å²) in [4.78, 5) is 0. The van der Waals surface area contributed by atoms with Crippen LogP contribution in [0, 0.1) is 0 Å². The van der Waals surface area contributed by atoms with Crippen molar-refractivity contribution in [3.63, 3.8) is 0 Å². The molecular weight excluding hydrogens is 488 g/mol. The van der Waals surface area contributed by atoms with Crippen LogP contribution in [0.2, 0.25) is 0 Å². The van der Waals surface area contributed by atoms with Gasteiger partial charge in [-0.1, -0.05) is 0 Å². The van der Waals surface area contributed by atoms with Crippen molar-refractivity contribution in [2.24, 2.45) is 0 Å². The maximum Gasteiger partial charge on any atom is -1.00 e. The van der Waals surface area contributed by atoms with Crippen molar-refractivity contribution < 1.29 is 69.1 Å². The van der Waals surface area contributed by atoms with Gasteiger partial charge in [0.15, 0.2) is 0 Å². The Morgan fingerprint density at radius 1 is 0.444 bits per heavy atom. The molecule has 0 fully saturated rings. The molecule has 0 aromatic carbocycles. The predicted molar refractivity (Wildman–Crippen MR) is 47.9 cm³/mol. The molecule has 18 heteroatoms. The summed E-state index contributed by atoms with van der Waals surface area (Å²) < 4.78 is 117. The number of rotatable bonds is 0. The molecular formula is HClF12P4Ru. The van der Waals surface area contributed by atoms with Gasteiger partial charge in [-0.05, 0) is 0 Å². The molecule has 0 bridgehead atoms. The fourth-order valence-electron chi connectivity index (χ4n) is 0. The molecule has 120 valence electrons. The minimum Gasteiger partial charge on any atom is -1.00 e. The molecule has 0 atom stereocenters. The van der Waals surface area contributed by atoms with Crippen LogP contribution < -0.4 is 0 Å². The van der Waals surface area contributed by atoms with Crippen molar-refractivity contribution in [3.05, 3.63) is 0 Å². The van der Waals surface area contributed by atoms with Crippen molar-refractivity contribution in [1.29, 1.82) is 0 Å². The first-order chi connectivity index (χ1) is 7.93. The van der Waals surface area contributed by atoms with E-state index in [1.807, 2.05) is 17.3 Å². The molecule has 0 rings (SSSR count). The molecule has 0 aromatic heterocycles. The molecule has 0 heterocycles. The van der Waals surface area contributed by atoms with E-state index in [0.717, 1.165) is 0 Å². The second kappa shape index (κ2) is 31.3. The first-order valence-corrected chi connectivity index (χ1v) is 8.46. The molecule has 0 unspecified atom stereocenters. The van der Waals surface area contributed by atoms with Gasteiger partial charge in [-0.25, -0.2) is 0 Å². The molecule has 0 aliphatic carbocycles. The third-order valence-electron chi connectivity index (χ3n) is 0. The topological polar surface area (TPSA) is 0 Å². The van der Waals surface area contributed by atoms with E-state index in [4.69, 9.17) is 0 Å². The van der Waals surface area contributed by atoms with Gasteiger partial charge in [-0.2, -0.15) is 50.4 Å². The normalized spacial score (nSPS) is 8.33. The number of halogens is 13. The van der Waals surface area contributed by atoms with Crippen LogP contribution in [0.4, 0.5) is 50.4 Å². The summed E-state index contributed by atoms with van der Waals surface area (Å²) in [5.74, 6) is 0. The van der Waals surface area contributed by atoms with Crippen LogP contribution in [-0.4, -0.2) is 0 Å². The molecule has 0 N–H and O–H groups in total. The molecule has 0 saturated carbocycles. The van der Waals surface area contributed by atoms with Gasteiger partial charge in [0.05, 0.1) is 0 Å². The molecule has 0 saturated heterocycles. The maximum atomic E-state index is 9.73. The van der Waals surface area contributed by atoms with E-state index in [9.17, 15) is 50.4 Å². The zero-order valence-electron chi connectivity index (χ0n) is 8.06. The van der Waals surface area contributed by atoms with Crippen LogP contribution in [0.5, 0.6) is 0 Å². The van der Waals surface area contributed by atoms with Crippen molar-refractivity contribution in [3.8, 4) is 0 Å². The first-order valence-electron chi connectivity index (χ1n) is 2.16. The van der Waals surface area contributed by atoms with Crippen LogP contribution in [0.3, 0.4) is 0 Å². The Balaban J connectivity index is -0.0000000279. The molecule has 0 radical (unpaired) electrons. The smallest absolute Gasteiger partial charge is 1.00 e. The van der Waals surface area contributed by atoms with Gasteiger partial charge in [0.1, 0.15) is 0 Å². The van der Waals surface area contributed by atoms with Gasteiger partial charge in [-0.15, -0.1) is 0 Å². The number of hydrogen-bond acceptors (Lipinski definition) is 0. The van der Waals surface area contributed by atoms with Gasteiger partial charge in [0.25, 0.3) is 0 Å². The zero-order valence-corrected chi connectivity index (χ0v) is 13.1. The largest absolute Gasteiger partial charge is 1.00 e. The Hall–Kier alpha value is 1.79. The van der Waals surface area contributed by atoms with Crippen LogP contribution in [-0.2, 0) is 17.3 Å². The van der Waals surface area contributed by atoms with E-state index >= 15 is 0 Å². The molecule has 0 amide bonds. The third-order valence-corrected chi connectivity index (χ3v) is 0. The SMILES string of the molecule is FP(F)F.FP(F)F.FP(F)F.FP(F)F.[Cl][Ru+].[H-]. The van der Waals surface area contributed by atoms with Crippen molar-refractivity contribution >= 4 is 45.1 Å². The molecule has 0 aliphatic rings. The Labute approximate surface area is 114 Å². The van der Waals surface area contributed by atoms with Gasteiger partial charge in [0.2, 0.25) is 0 Å². The van der Waals surface area contributed by atoms with E-state index in [1.54, 1.807) is 0 Å². The van der Waals surface area contributed by atoms with E-state index in [2.05, 4.69) is 9.69 Å². The van der Waals surface area contributed by atoms with Crippen molar-refractivity contribution in [1.82, 2.24) is 0 Å². The first kappa shape index (κ1) is 31.9. The standard InChI is InChI=1S/ClH.4F3P.Ru.H/c;4*1-4(2)3;;/h1H;;;;;;/q;;;;;+2;-1/p-1. The summed E-state index contributed by atoms with van der Waals surface area (Å²) >= 11 is 1.82. The van der Waals surface area contributed by atoms with Crippen LogP contribution in [0.25, 0.3) is 0 Å². The summed E-state index contributed by atoms with van der Waals surface area (Å²) in [6.45, 7) is 0. The zero-order chi connectivity index (χ0) is 16.3. The van der Waals surface area contributed by atoms with E-state index in [0.29, 0.717) is 0 Å². The second-order valence-electron chi connectivity index (χ2n) is 0.767. The summed E-state index contributed by atoms with van der Waals surface area (Å²) in [5, 5.41) is 0. The summed E-state index contributed by atoms with van der Waals surface area (Å²) in [6, 6.07) is 0. The fraction of sp³-hybridized carbons (Fsp3) is 0. The van der Waals surface area contributed by atoms with Gasteiger partial charge < -0.3 is 1.43 Å². The summed E-state index contributed by atoms with van der Waals surface area (Å²) in [5.41, 5.74) is 0. The second-order valence-corrected chi connectivity index (χ2v) is 2.30. The van der Waals surface area contributed by atoms with Gasteiger partial charge in [0, 0.05) is 0 Å². The van der Waals surface area contributed by atoms with E-state index in [1.165, 1.54) is 0 Å². The van der Waals surface area contributed by atoms with E-state index in [-0.39, 0.29) is 1.43 Å². The minimum absolute atomic E-state index is 0. The van der Waals surface area contributed by atoms with Crippen LogP contribution in [0.1, 0.15) is 1.43 Å². The van der Waals surface area contributed by atoms with Crippen LogP contribution in [0.15, 0.2) is 0 Å². The molecule has 0 aromatic rings. The van der Waals surface area contributed by atoms with Gasteiger partial charge >= 0.3 is 62.4 Å². The average molecular weight is 489 g/mol. The quantitative estimate of drug-likeness (QED) is 0.181. The Morgan fingerprint density at radius 2 is 0.444 bits per heavy atom. The van der Waals surface area contributed by atoms with E-state index < -0.39 is 35.4 Å². The number of hydrogen-bond donors (Lipinski definition) is 0. The third kappa shape index (κ3) is 1560. The summed E-state index contributed by atoms with van der Waals surface area (Å²) in [6.07, 6.45) is 0. The van der Waals surface area contributed by atoms with Crippen LogP contribution >= 0.6 is 45.1 Å². The molecule has 18 heavy (non-hydrogen) atoms. The maximum absolute atomic E-state index is 9.73. The fourth-order valence-corrected chi connectivity index (χ4v) is 0. The Kier molecular flexibility index (Phi) is 55.5. The molecule has 0 spiro atoms. The molecule has 0 nitrogen and oxygen atoms in total. The summed E-state index contributed by atoms with van der Waals surface area (Å²) in [7, 11) is -11.9. The van der Waals surface area contributed by atoms with Crippen molar-refractivity contribution in [2.75, 3.05) is 0 Å².